The first-order chi connectivity index (χ1) is 10.9. The Morgan fingerprint density at radius 3 is 1.96 bits per heavy atom. The SMILES string of the molecule is Cl.Cl.c1ccc(CC2CCN(CCCN3CCCCC3)CC2)cc1. The first-order valence-electron chi connectivity index (χ1n) is 9.39. The summed E-state index contributed by atoms with van der Waals surface area (Å²) in [7, 11) is 0. The van der Waals surface area contributed by atoms with Crippen LogP contribution >= 0.6 is 24.8 Å². The Morgan fingerprint density at radius 2 is 1.33 bits per heavy atom. The second-order valence-corrected chi connectivity index (χ2v) is 7.23. The van der Waals surface area contributed by atoms with Crippen molar-refractivity contribution in [2.24, 2.45) is 5.92 Å². The molecule has 1 aromatic carbocycles. The summed E-state index contributed by atoms with van der Waals surface area (Å²) in [6, 6.07) is 11.0. The van der Waals surface area contributed by atoms with Crippen molar-refractivity contribution in [1.82, 2.24) is 9.80 Å². The normalized spacial score (nSPS) is 20.2. The summed E-state index contributed by atoms with van der Waals surface area (Å²) in [6.07, 6.45) is 9.71. The van der Waals surface area contributed by atoms with Gasteiger partial charge in [-0.2, -0.15) is 0 Å². The van der Waals surface area contributed by atoms with E-state index >= 15 is 0 Å². The zero-order chi connectivity index (χ0) is 15.0. The summed E-state index contributed by atoms with van der Waals surface area (Å²) in [5, 5.41) is 0. The van der Waals surface area contributed by atoms with E-state index in [1.54, 1.807) is 0 Å². The molecule has 4 heteroatoms. The highest BCUT2D eigenvalue weighted by Gasteiger charge is 2.19. The van der Waals surface area contributed by atoms with Crippen LogP contribution in [0.2, 0.25) is 0 Å². The van der Waals surface area contributed by atoms with Crippen LogP contribution in [0.25, 0.3) is 0 Å². The molecule has 3 rings (SSSR count). The molecule has 0 bridgehead atoms. The lowest BCUT2D eigenvalue weighted by atomic mass is 9.90. The van der Waals surface area contributed by atoms with Gasteiger partial charge in [0.2, 0.25) is 0 Å². The van der Waals surface area contributed by atoms with E-state index in [-0.39, 0.29) is 24.8 Å². The van der Waals surface area contributed by atoms with Crippen LogP contribution < -0.4 is 0 Å². The molecule has 2 heterocycles. The lowest BCUT2D eigenvalue weighted by Crippen LogP contribution is -2.37. The van der Waals surface area contributed by atoms with E-state index < -0.39 is 0 Å². The van der Waals surface area contributed by atoms with Crippen molar-refractivity contribution >= 4 is 24.8 Å². The summed E-state index contributed by atoms with van der Waals surface area (Å²) in [6.45, 7) is 7.96. The fourth-order valence-corrected chi connectivity index (χ4v) is 4.06. The minimum Gasteiger partial charge on any atom is -0.303 e. The first kappa shape index (κ1) is 21.8. The molecule has 2 fully saturated rings. The molecule has 0 radical (unpaired) electrons. The second kappa shape index (κ2) is 12.1. The van der Waals surface area contributed by atoms with Gasteiger partial charge in [0, 0.05) is 0 Å². The molecule has 0 spiro atoms. The van der Waals surface area contributed by atoms with Gasteiger partial charge in [-0.05, 0) is 89.3 Å². The summed E-state index contributed by atoms with van der Waals surface area (Å²) >= 11 is 0. The number of hydrogen-bond acceptors (Lipinski definition) is 2. The van der Waals surface area contributed by atoms with Gasteiger partial charge in [0.05, 0.1) is 0 Å². The highest BCUT2D eigenvalue weighted by atomic mass is 35.5. The predicted octanol–water partition coefficient (Wildman–Crippen LogP) is 4.66. The number of likely N-dealkylation sites (tertiary alicyclic amines) is 2. The van der Waals surface area contributed by atoms with Crippen LogP contribution in [0.4, 0.5) is 0 Å². The van der Waals surface area contributed by atoms with Gasteiger partial charge in [0.1, 0.15) is 0 Å². The minimum atomic E-state index is 0. The van der Waals surface area contributed by atoms with Gasteiger partial charge >= 0.3 is 0 Å². The molecule has 0 saturated carbocycles. The monoisotopic (exact) mass is 372 g/mol. The number of rotatable bonds is 6. The van der Waals surface area contributed by atoms with Crippen LogP contribution in [0.15, 0.2) is 30.3 Å². The van der Waals surface area contributed by atoms with Crippen LogP contribution in [-0.2, 0) is 6.42 Å². The Balaban J connectivity index is 0.00000144. The van der Waals surface area contributed by atoms with Gasteiger partial charge < -0.3 is 9.80 Å². The molecule has 24 heavy (non-hydrogen) atoms. The third-order valence-electron chi connectivity index (χ3n) is 5.47. The fraction of sp³-hybridized carbons (Fsp3) is 0.700. The van der Waals surface area contributed by atoms with E-state index in [2.05, 4.69) is 40.1 Å². The van der Waals surface area contributed by atoms with Gasteiger partial charge in [-0.3, -0.25) is 0 Å². The molecule has 2 nitrogen and oxygen atoms in total. The Hall–Kier alpha value is -0.280. The molecule has 0 N–H and O–H groups in total. The van der Waals surface area contributed by atoms with E-state index in [0.29, 0.717) is 0 Å². The summed E-state index contributed by atoms with van der Waals surface area (Å²) in [4.78, 5) is 5.37. The van der Waals surface area contributed by atoms with E-state index in [1.165, 1.54) is 89.8 Å². The zero-order valence-corrected chi connectivity index (χ0v) is 16.5. The van der Waals surface area contributed by atoms with Gasteiger partial charge in [0.15, 0.2) is 0 Å². The minimum absolute atomic E-state index is 0. The maximum Gasteiger partial charge on any atom is -0.000654 e. The van der Waals surface area contributed by atoms with Crippen molar-refractivity contribution in [3.05, 3.63) is 35.9 Å². The lowest BCUT2D eigenvalue weighted by molar-refractivity contribution is 0.164. The fourth-order valence-electron chi connectivity index (χ4n) is 4.06. The van der Waals surface area contributed by atoms with Crippen LogP contribution in [0.1, 0.15) is 44.1 Å². The summed E-state index contributed by atoms with van der Waals surface area (Å²) in [5.41, 5.74) is 1.52. The van der Waals surface area contributed by atoms with Crippen molar-refractivity contribution in [1.29, 1.82) is 0 Å². The van der Waals surface area contributed by atoms with Crippen LogP contribution in [0, 0.1) is 5.92 Å². The molecule has 0 aromatic heterocycles. The van der Waals surface area contributed by atoms with Gasteiger partial charge in [-0.15, -0.1) is 24.8 Å². The summed E-state index contributed by atoms with van der Waals surface area (Å²) < 4.78 is 0. The standard InChI is InChI=1S/C20H32N2.2ClH/c1-3-8-19(9-4-1)18-20-10-16-22(17-11-20)15-7-14-21-12-5-2-6-13-21;;/h1,3-4,8-9,20H,2,5-7,10-18H2;2*1H. The predicted molar refractivity (Wildman–Crippen MR) is 109 cm³/mol. The van der Waals surface area contributed by atoms with Gasteiger partial charge in [0.25, 0.3) is 0 Å². The maximum atomic E-state index is 2.70. The largest absolute Gasteiger partial charge is 0.303 e. The average Bonchev–Trinajstić information content (AvgIpc) is 2.58. The Labute approximate surface area is 160 Å². The molecule has 0 amide bonds. The van der Waals surface area contributed by atoms with Gasteiger partial charge in [-0.25, -0.2) is 0 Å². The number of nitrogens with zero attached hydrogens (tertiary/aromatic N) is 2. The van der Waals surface area contributed by atoms with E-state index in [0.717, 1.165) is 5.92 Å². The topological polar surface area (TPSA) is 6.48 Å². The van der Waals surface area contributed by atoms with Crippen LogP contribution in [0.5, 0.6) is 0 Å². The maximum absolute atomic E-state index is 2.70. The van der Waals surface area contributed by atoms with E-state index in [9.17, 15) is 0 Å². The smallest absolute Gasteiger partial charge is 0.000654 e. The van der Waals surface area contributed by atoms with Crippen molar-refractivity contribution < 1.29 is 0 Å². The summed E-state index contributed by atoms with van der Waals surface area (Å²) in [5.74, 6) is 0.903. The Bertz CT molecular complexity index is 413. The van der Waals surface area contributed by atoms with E-state index in [1.807, 2.05) is 0 Å². The molecule has 0 atom stereocenters. The molecular weight excluding hydrogens is 339 g/mol. The van der Waals surface area contributed by atoms with Crippen molar-refractivity contribution in [2.45, 2.75) is 44.9 Å². The number of hydrogen-bond donors (Lipinski definition) is 0. The Morgan fingerprint density at radius 1 is 0.750 bits per heavy atom. The third kappa shape index (κ3) is 7.31. The van der Waals surface area contributed by atoms with Gasteiger partial charge in [-0.1, -0.05) is 36.8 Å². The molecule has 2 saturated heterocycles. The quantitative estimate of drug-likeness (QED) is 0.716. The van der Waals surface area contributed by atoms with Crippen molar-refractivity contribution in [3.8, 4) is 0 Å². The second-order valence-electron chi connectivity index (χ2n) is 7.23. The molecular formula is C20H34Cl2N2. The average molecular weight is 373 g/mol. The molecule has 0 unspecified atom stereocenters. The van der Waals surface area contributed by atoms with Crippen molar-refractivity contribution in [2.75, 3.05) is 39.3 Å². The van der Waals surface area contributed by atoms with E-state index in [4.69, 9.17) is 0 Å². The molecule has 138 valence electrons. The lowest BCUT2D eigenvalue weighted by Gasteiger charge is -2.33. The van der Waals surface area contributed by atoms with Crippen LogP contribution in [0.3, 0.4) is 0 Å². The Kier molecular flexibility index (Phi) is 11.0. The number of piperidine rings is 2. The molecule has 0 aliphatic carbocycles. The highest BCUT2D eigenvalue weighted by molar-refractivity contribution is 5.85. The highest BCUT2D eigenvalue weighted by Crippen LogP contribution is 2.21. The zero-order valence-electron chi connectivity index (χ0n) is 14.9. The first-order valence-corrected chi connectivity index (χ1v) is 9.39. The third-order valence-corrected chi connectivity index (χ3v) is 5.47. The molecule has 2 aliphatic heterocycles. The molecule has 1 aromatic rings. The number of benzene rings is 1. The van der Waals surface area contributed by atoms with Crippen molar-refractivity contribution in [3.63, 3.8) is 0 Å². The van der Waals surface area contributed by atoms with Crippen LogP contribution in [-0.4, -0.2) is 49.1 Å². The molecule has 2 aliphatic rings. The number of halogens is 2.